The molecule has 2 aliphatic rings. The van der Waals surface area contributed by atoms with E-state index in [2.05, 4.69) is 34.0 Å². The molecule has 2 unspecified atom stereocenters. The number of carbonyl (C=O) groups is 1. The Morgan fingerprint density at radius 2 is 2.15 bits per heavy atom. The summed E-state index contributed by atoms with van der Waals surface area (Å²) in [7, 11) is 0. The number of nitrogens with one attached hydrogen (secondary N) is 1. The maximum atomic E-state index is 12.5. The molecule has 0 bridgehead atoms. The zero-order chi connectivity index (χ0) is 13.9. The molecule has 1 N–H and O–H groups in total. The summed E-state index contributed by atoms with van der Waals surface area (Å²) in [5.41, 5.74) is 1.22. The fourth-order valence-corrected chi connectivity index (χ4v) is 3.85. The third kappa shape index (κ3) is 2.75. The van der Waals surface area contributed by atoms with Crippen LogP contribution in [0, 0.1) is 0 Å². The first-order chi connectivity index (χ1) is 9.79. The van der Waals surface area contributed by atoms with Gasteiger partial charge >= 0.3 is 0 Å². The van der Waals surface area contributed by atoms with Gasteiger partial charge in [0.1, 0.15) is 6.17 Å². The van der Waals surface area contributed by atoms with E-state index in [4.69, 9.17) is 0 Å². The molecule has 1 aromatic heterocycles. The fourth-order valence-electron chi connectivity index (χ4n) is 3.17. The van der Waals surface area contributed by atoms with Crippen molar-refractivity contribution in [3.05, 3.63) is 22.4 Å². The summed E-state index contributed by atoms with van der Waals surface area (Å²) in [6, 6.07) is 2.11. The average Bonchev–Trinajstić information content (AvgIpc) is 3.18. The highest BCUT2D eigenvalue weighted by Gasteiger charge is 2.38. The largest absolute Gasteiger partial charge is 0.320 e. The van der Waals surface area contributed by atoms with Crippen molar-refractivity contribution >= 4 is 17.2 Å². The van der Waals surface area contributed by atoms with Crippen LogP contribution in [0.2, 0.25) is 0 Å². The van der Waals surface area contributed by atoms with E-state index in [0.717, 1.165) is 19.5 Å². The lowest BCUT2D eigenvalue weighted by Gasteiger charge is -2.26. The van der Waals surface area contributed by atoms with Crippen molar-refractivity contribution in [1.82, 2.24) is 15.1 Å². The van der Waals surface area contributed by atoms with Gasteiger partial charge in [-0.3, -0.25) is 10.1 Å². The summed E-state index contributed by atoms with van der Waals surface area (Å²) in [5.74, 6) is 0.267. The molecule has 4 nitrogen and oxygen atoms in total. The topological polar surface area (TPSA) is 35.6 Å². The number of carbonyl (C=O) groups excluding carboxylic acids is 1. The van der Waals surface area contributed by atoms with Crippen LogP contribution >= 0.6 is 11.3 Å². The summed E-state index contributed by atoms with van der Waals surface area (Å²) < 4.78 is 0. The van der Waals surface area contributed by atoms with Gasteiger partial charge in [-0.15, -0.1) is 0 Å². The van der Waals surface area contributed by atoms with E-state index in [-0.39, 0.29) is 18.1 Å². The van der Waals surface area contributed by atoms with Crippen molar-refractivity contribution in [2.75, 3.05) is 26.2 Å². The lowest BCUT2D eigenvalue weighted by atomic mass is 10.2. The Morgan fingerprint density at radius 3 is 2.80 bits per heavy atom. The van der Waals surface area contributed by atoms with Gasteiger partial charge in [0.2, 0.25) is 5.91 Å². The van der Waals surface area contributed by atoms with Crippen LogP contribution in [-0.2, 0) is 4.79 Å². The first kappa shape index (κ1) is 14.0. The first-order valence-corrected chi connectivity index (χ1v) is 8.55. The van der Waals surface area contributed by atoms with Crippen LogP contribution in [-0.4, -0.2) is 47.9 Å². The predicted octanol–water partition coefficient (Wildman–Crippen LogP) is 2.05. The van der Waals surface area contributed by atoms with Crippen molar-refractivity contribution in [3.8, 4) is 0 Å². The quantitative estimate of drug-likeness (QED) is 0.902. The number of amides is 1. The molecule has 1 aromatic rings. The number of rotatable bonds is 5. The zero-order valence-corrected chi connectivity index (χ0v) is 12.9. The average molecular weight is 293 g/mol. The molecule has 2 aliphatic heterocycles. The standard InChI is InChI=1S/C15H23N3OS/c1-2-13-15(19)18(9-8-17-6-3-4-7-17)14(16-13)12-5-10-20-11-12/h5,10-11,13-14,16H,2-4,6-9H2,1H3. The molecular formula is C15H23N3OS. The third-order valence-electron chi connectivity index (χ3n) is 4.37. The van der Waals surface area contributed by atoms with Gasteiger partial charge in [-0.1, -0.05) is 6.92 Å². The van der Waals surface area contributed by atoms with Crippen LogP contribution in [0.1, 0.15) is 37.9 Å². The molecule has 2 fully saturated rings. The Kier molecular flexibility index (Phi) is 4.38. The molecule has 3 heterocycles. The molecule has 0 aromatic carbocycles. The molecule has 1 amide bonds. The molecule has 0 radical (unpaired) electrons. The Hall–Kier alpha value is -0.910. The SMILES string of the molecule is CCC1NC(c2ccsc2)N(CCN2CCCC2)C1=O. The number of hydrogen-bond acceptors (Lipinski definition) is 4. The second kappa shape index (κ2) is 6.24. The van der Waals surface area contributed by atoms with Crippen LogP contribution in [0.25, 0.3) is 0 Å². The van der Waals surface area contributed by atoms with Crippen molar-refractivity contribution in [1.29, 1.82) is 0 Å². The van der Waals surface area contributed by atoms with Crippen molar-refractivity contribution in [2.45, 2.75) is 38.4 Å². The molecule has 0 spiro atoms. The number of thiophene rings is 1. The molecule has 2 saturated heterocycles. The van der Waals surface area contributed by atoms with E-state index < -0.39 is 0 Å². The minimum absolute atomic E-state index is 0.0153. The molecule has 2 atom stereocenters. The maximum absolute atomic E-state index is 12.5. The van der Waals surface area contributed by atoms with Gasteiger partial charge in [-0.05, 0) is 54.7 Å². The summed E-state index contributed by atoms with van der Waals surface area (Å²) >= 11 is 1.69. The Bertz CT molecular complexity index is 442. The van der Waals surface area contributed by atoms with Gasteiger partial charge in [0, 0.05) is 13.1 Å². The van der Waals surface area contributed by atoms with E-state index >= 15 is 0 Å². The molecule has 0 saturated carbocycles. The Balaban J connectivity index is 1.68. The van der Waals surface area contributed by atoms with Crippen LogP contribution in [0.4, 0.5) is 0 Å². The summed E-state index contributed by atoms with van der Waals surface area (Å²) in [4.78, 5) is 17.0. The maximum Gasteiger partial charge on any atom is 0.241 e. The highest BCUT2D eigenvalue weighted by molar-refractivity contribution is 7.07. The normalized spacial score (nSPS) is 27.6. The number of hydrogen-bond donors (Lipinski definition) is 1. The smallest absolute Gasteiger partial charge is 0.241 e. The second-order valence-corrected chi connectivity index (χ2v) is 6.45. The summed E-state index contributed by atoms with van der Waals surface area (Å²) in [6.45, 7) is 6.29. The minimum Gasteiger partial charge on any atom is -0.320 e. The molecule has 3 rings (SSSR count). The van der Waals surface area contributed by atoms with E-state index in [0.29, 0.717) is 0 Å². The van der Waals surface area contributed by atoms with Gasteiger partial charge in [-0.2, -0.15) is 11.3 Å². The summed E-state index contributed by atoms with van der Waals surface area (Å²) in [5, 5.41) is 7.71. The molecule has 0 aliphatic carbocycles. The number of likely N-dealkylation sites (tertiary alicyclic amines) is 1. The Morgan fingerprint density at radius 1 is 1.35 bits per heavy atom. The highest BCUT2D eigenvalue weighted by atomic mass is 32.1. The third-order valence-corrected chi connectivity index (χ3v) is 5.08. The lowest BCUT2D eigenvalue weighted by molar-refractivity contribution is -0.130. The van der Waals surface area contributed by atoms with Crippen molar-refractivity contribution in [3.63, 3.8) is 0 Å². The highest BCUT2D eigenvalue weighted by Crippen LogP contribution is 2.27. The van der Waals surface area contributed by atoms with E-state index in [9.17, 15) is 4.79 Å². The van der Waals surface area contributed by atoms with Gasteiger partial charge in [0.15, 0.2) is 0 Å². The minimum atomic E-state index is -0.0153. The predicted molar refractivity (Wildman–Crippen MR) is 81.7 cm³/mol. The van der Waals surface area contributed by atoms with Crippen molar-refractivity contribution < 1.29 is 4.79 Å². The second-order valence-electron chi connectivity index (χ2n) is 5.67. The van der Waals surface area contributed by atoms with Crippen molar-refractivity contribution in [2.24, 2.45) is 0 Å². The van der Waals surface area contributed by atoms with Crippen LogP contribution < -0.4 is 5.32 Å². The van der Waals surface area contributed by atoms with E-state index in [1.165, 1.54) is 31.5 Å². The zero-order valence-electron chi connectivity index (χ0n) is 12.0. The molecule has 110 valence electrons. The van der Waals surface area contributed by atoms with Gasteiger partial charge in [0.05, 0.1) is 6.04 Å². The van der Waals surface area contributed by atoms with Crippen LogP contribution in [0.15, 0.2) is 16.8 Å². The monoisotopic (exact) mass is 293 g/mol. The lowest BCUT2D eigenvalue weighted by Crippen LogP contribution is -2.37. The molecule has 5 heteroatoms. The fraction of sp³-hybridized carbons (Fsp3) is 0.667. The molecule has 20 heavy (non-hydrogen) atoms. The summed E-state index contributed by atoms with van der Waals surface area (Å²) in [6.07, 6.45) is 3.54. The van der Waals surface area contributed by atoms with E-state index in [1.54, 1.807) is 11.3 Å². The van der Waals surface area contributed by atoms with Gasteiger partial charge in [-0.25, -0.2) is 0 Å². The van der Waals surface area contributed by atoms with Crippen LogP contribution in [0.3, 0.4) is 0 Å². The van der Waals surface area contributed by atoms with E-state index in [1.807, 2.05) is 4.90 Å². The number of nitrogens with zero attached hydrogens (tertiary/aromatic N) is 2. The van der Waals surface area contributed by atoms with Gasteiger partial charge < -0.3 is 9.80 Å². The van der Waals surface area contributed by atoms with Crippen LogP contribution in [0.5, 0.6) is 0 Å². The Labute approximate surface area is 124 Å². The molecular weight excluding hydrogens is 270 g/mol. The van der Waals surface area contributed by atoms with Gasteiger partial charge in [0.25, 0.3) is 0 Å². The first-order valence-electron chi connectivity index (χ1n) is 7.60.